The van der Waals surface area contributed by atoms with Crippen LogP contribution in [0.1, 0.15) is 54.9 Å². The predicted molar refractivity (Wildman–Crippen MR) is 119 cm³/mol. The second kappa shape index (κ2) is 10.8. The van der Waals surface area contributed by atoms with Crippen LogP contribution in [0.4, 0.5) is 5.69 Å². The van der Waals surface area contributed by atoms with Crippen LogP contribution in [-0.4, -0.2) is 36.7 Å². The van der Waals surface area contributed by atoms with E-state index in [9.17, 15) is 9.90 Å². The van der Waals surface area contributed by atoms with Gasteiger partial charge in [-0.15, -0.1) is 0 Å². The first-order valence-electron chi connectivity index (χ1n) is 10.6. The number of aliphatic hydroxyl groups is 1. The van der Waals surface area contributed by atoms with Gasteiger partial charge in [-0.3, -0.25) is 4.79 Å². The molecule has 0 aromatic heterocycles. The third-order valence-electron chi connectivity index (χ3n) is 5.31. The Kier molecular flexibility index (Phi) is 7.88. The average Bonchev–Trinajstić information content (AvgIpc) is 2.76. The van der Waals surface area contributed by atoms with Crippen molar-refractivity contribution >= 4 is 17.5 Å². The van der Waals surface area contributed by atoms with Crippen molar-refractivity contribution in [2.45, 2.75) is 45.1 Å². The molecule has 4 heteroatoms. The van der Waals surface area contributed by atoms with E-state index in [-0.39, 0.29) is 11.9 Å². The monoisotopic (exact) mass is 393 g/mol. The molecule has 0 atom stereocenters. The van der Waals surface area contributed by atoms with Gasteiger partial charge < -0.3 is 14.7 Å². The van der Waals surface area contributed by atoms with Gasteiger partial charge in [-0.1, -0.05) is 38.0 Å². The Bertz CT molecular complexity index is 788. The summed E-state index contributed by atoms with van der Waals surface area (Å²) in [4.78, 5) is 14.7. The fourth-order valence-electron chi connectivity index (χ4n) is 3.45. The molecule has 1 fully saturated rings. The lowest BCUT2D eigenvalue weighted by molar-refractivity contribution is 0.104. The zero-order chi connectivity index (χ0) is 20.5. The second-order valence-corrected chi connectivity index (χ2v) is 7.59. The number of unbranched alkanes of at least 4 members (excludes halogenated alkanes) is 2. The van der Waals surface area contributed by atoms with Gasteiger partial charge in [0.25, 0.3) is 0 Å². The number of hydrogen-bond donors (Lipinski definition) is 1. The van der Waals surface area contributed by atoms with Crippen molar-refractivity contribution in [3.8, 4) is 5.75 Å². The molecule has 2 aromatic carbocycles. The number of ketones is 1. The zero-order valence-electron chi connectivity index (χ0n) is 17.2. The van der Waals surface area contributed by atoms with Crippen LogP contribution in [0.25, 0.3) is 6.08 Å². The molecule has 1 N–H and O–H groups in total. The number of anilines is 1. The molecule has 1 aliphatic rings. The van der Waals surface area contributed by atoms with Gasteiger partial charge in [-0.2, -0.15) is 0 Å². The minimum absolute atomic E-state index is 0.00879. The Labute approximate surface area is 173 Å². The Morgan fingerprint density at radius 3 is 2.41 bits per heavy atom. The Hall–Kier alpha value is -2.59. The summed E-state index contributed by atoms with van der Waals surface area (Å²) in [5, 5.41) is 9.63. The van der Waals surface area contributed by atoms with E-state index < -0.39 is 0 Å². The molecule has 0 radical (unpaired) electrons. The summed E-state index contributed by atoms with van der Waals surface area (Å²) < 4.78 is 5.72. The summed E-state index contributed by atoms with van der Waals surface area (Å²) >= 11 is 0. The van der Waals surface area contributed by atoms with E-state index in [1.807, 2.05) is 54.6 Å². The standard InChI is InChI=1S/C25H31NO3/c1-2-3-4-19-29-24-12-5-20(6-13-24)7-14-25(28)21-8-10-22(11-9-21)26-17-15-23(27)16-18-26/h5-14,23,27H,2-4,15-19H2,1H3/b14-7+. The molecule has 2 aromatic rings. The van der Waals surface area contributed by atoms with E-state index in [0.717, 1.165) is 56.0 Å². The number of allylic oxidation sites excluding steroid dienone is 1. The number of aliphatic hydroxyl groups excluding tert-OH is 1. The first-order valence-corrected chi connectivity index (χ1v) is 10.6. The minimum Gasteiger partial charge on any atom is -0.494 e. The number of carbonyl (C=O) groups is 1. The number of carbonyl (C=O) groups excluding carboxylic acids is 1. The minimum atomic E-state index is -0.182. The van der Waals surface area contributed by atoms with Crippen LogP contribution in [-0.2, 0) is 0 Å². The van der Waals surface area contributed by atoms with Crippen molar-refractivity contribution in [2.75, 3.05) is 24.6 Å². The van der Waals surface area contributed by atoms with Crippen molar-refractivity contribution in [3.05, 3.63) is 65.7 Å². The first kappa shape index (κ1) is 21.1. The number of nitrogens with zero attached hydrogens (tertiary/aromatic N) is 1. The van der Waals surface area contributed by atoms with Gasteiger partial charge in [-0.05, 0) is 67.3 Å². The fraction of sp³-hybridized carbons (Fsp3) is 0.400. The summed E-state index contributed by atoms with van der Waals surface area (Å²) in [6.45, 7) is 4.63. The molecule has 1 heterocycles. The van der Waals surface area contributed by atoms with Crippen LogP contribution in [0.3, 0.4) is 0 Å². The van der Waals surface area contributed by atoms with Crippen molar-refractivity contribution in [1.29, 1.82) is 0 Å². The Morgan fingerprint density at radius 2 is 1.76 bits per heavy atom. The van der Waals surface area contributed by atoms with Crippen LogP contribution >= 0.6 is 0 Å². The molecule has 0 unspecified atom stereocenters. The van der Waals surface area contributed by atoms with Crippen LogP contribution in [0.15, 0.2) is 54.6 Å². The summed E-state index contributed by atoms with van der Waals surface area (Å²) in [7, 11) is 0. The van der Waals surface area contributed by atoms with E-state index in [0.29, 0.717) is 5.56 Å². The number of rotatable bonds is 9. The fourth-order valence-corrected chi connectivity index (χ4v) is 3.45. The van der Waals surface area contributed by atoms with Gasteiger partial charge in [0.1, 0.15) is 5.75 Å². The predicted octanol–water partition coefficient (Wildman–Crippen LogP) is 5.11. The quantitative estimate of drug-likeness (QED) is 0.365. The van der Waals surface area contributed by atoms with Crippen molar-refractivity contribution in [2.24, 2.45) is 0 Å². The molecule has 0 aliphatic carbocycles. The highest BCUT2D eigenvalue weighted by Gasteiger charge is 2.17. The van der Waals surface area contributed by atoms with Crippen molar-refractivity contribution < 1.29 is 14.6 Å². The third-order valence-corrected chi connectivity index (χ3v) is 5.31. The lowest BCUT2D eigenvalue weighted by atomic mass is 10.1. The molecule has 29 heavy (non-hydrogen) atoms. The van der Waals surface area contributed by atoms with Crippen LogP contribution in [0.2, 0.25) is 0 Å². The van der Waals surface area contributed by atoms with Gasteiger partial charge in [-0.25, -0.2) is 0 Å². The van der Waals surface area contributed by atoms with Gasteiger partial charge in [0.2, 0.25) is 0 Å². The lowest BCUT2D eigenvalue weighted by Gasteiger charge is -2.31. The summed E-state index contributed by atoms with van der Waals surface area (Å²) in [5.74, 6) is 0.857. The zero-order valence-corrected chi connectivity index (χ0v) is 17.2. The first-order chi connectivity index (χ1) is 14.2. The van der Waals surface area contributed by atoms with Gasteiger partial charge in [0.15, 0.2) is 5.78 Å². The van der Waals surface area contributed by atoms with Crippen molar-refractivity contribution in [1.82, 2.24) is 0 Å². The number of piperidine rings is 1. The second-order valence-electron chi connectivity index (χ2n) is 7.59. The molecule has 4 nitrogen and oxygen atoms in total. The van der Waals surface area contributed by atoms with E-state index in [2.05, 4.69) is 11.8 Å². The SMILES string of the molecule is CCCCCOc1ccc(/C=C/C(=O)c2ccc(N3CCC(O)CC3)cc2)cc1. The summed E-state index contributed by atoms with van der Waals surface area (Å²) in [6.07, 6.45) is 8.31. The molecular formula is C25H31NO3. The maximum absolute atomic E-state index is 12.5. The molecular weight excluding hydrogens is 362 g/mol. The Morgan fingerprint density at radius 1 is 1.07 bits per heavy atom. The molecule has 1 saturated heterocycles. The highest BCUT2D eigenvalue weighted by atomic mass is 16.5. The molecule has 0 spiro atoms. The molecule has 0 amide bonds. The van der Waals surface area contributed by atoms with E-state index in [1.165, 1.54) is 12.8 Å². The Balaban J connectivity index is 1.52. The maximum Gasteiger partial charge on any atom is 0.185 e. The largest absolute Gasteiger partial charge is 0.494 e. The van der Waals surface area contributed by atoms with Crippen LogP contribution in [0.5, 0.6) is 5.75 Å². The molecule has 1 aliphatic heterocycles. The van der Waals surface area contributed by atoms with E-state index in [1.54, 1.807) is 6.08 Å². The van der Waals surface area contributed by atoms with Gasteiger partial charge >= 0.3 is 0 Å². The van der Waals surface area contributed by atoms with E-state index >= 15 is 0 Å². The average molecular weight is 394 g/mol. The van der Waals surface area contributed by atoms with Crippen LogP contribution in [0, 0.1) is 0 Å². The number of benzene rings is 2. The third kappa shape index (κ3) is 6.47. The van der Waals surface area contributed by atoms with E-state index in [4.69, 9.17) is 4.74 Å². The van der Waals surface area contributed by atoms with Gasteiger partial charge in [0.05, 0.1) is 12.7 Å². The summed E-state index contributed by atoms with van der Waals surface area (Å²) in [5.41, 5.74) is 2.76. The lowest BCUT2D eigenvalue weighted by Crippen LogP contribution is -2.35. The smallest absolute Gasteiger partial charge is 0.185 e. The normalized spacial score (nSPS) is 15.0. The number of hydrogen-bond acceptors (Lipinski definition) is 4. The number of ether oxygens (including phenoxy) is 1. The maximum atomic E-state index is 12.5. The topological polar surface area (TPSA) is 49.8 Å². The molecule has 0 saturated carbocycles. The van der Waals surface area contributed by atoms with Crippen molar-refractivity contribution in [3.63, 3.8) is 0 Å². The molecule has 154 valence electrons. The highest BCUT2D eigenvalue weighted by molar-refractivity contribution is 6.07. The van der Waals surface area contributed by atoms with Crippen LogP contribution < -0.4 is 9.64 Å². The van der Waals surface area contributed by atoms with Gasteiger partial charge in [0, 0.05) is 24.3 Å². The molecule has 3 rings (SSSR count). The summed E-state index contributed by atoms with van der Waals surface area (Å²) in [6, 6.07) is 15.5. The molecule has 0 bridgehead atoms. The highest BCUT2D eigenvalue weighted by Crippen LogP contribution is 2.21.